The van der Waals surface area contributed by atoms with E-state index >= 15 is 0 Å². The number of carbonyl (C=O) groups excluding carboxylic acids is 2. The summed E-state index contributed by atoms with van der Waals surface area (Å²) in [6.45, 7) is 0.336. The summed E-state index contributed by atoms with van der Waals surface area (Å²) in [5.74, 6) is 0.0113. The summed E-state index contributed by atoms with van der Waals surface area (Å²) in [5, 5.41) is 3.80. The van der Waals surface area contributed by atoms with Gasteiger partial charge in [-0.2, -0.15) is 0 Å². The number of hydrogen-bond donors (Lipinski definition) is 1. The maximum Gasteiger partial charge on any atom is 0.258 e. The summed E-state index contributed by atoms with van der Waals surface area (Å²) in [6, 6.07) is 13.3. The quantitative estimate of drug-likeness (QED) is 0.868. The van der Waals surface area contributed by atoms with E-state index in [0.29, 0.717) is 34.4 Å². The number of nitrogens with one attached hydrogen (secondary N) is 1. The number of para-hydroxylation sites is 1. The molecule has 0 spiro atoms. The second-order valence-corrected chi connectivity index (χ2v) is 6.44. The first-order valence-electron chi connectivity index (χ1n) is 7.78. The van der Waals surface area contributed by atoms with Crippen molar-refractivity contribution in [3.8, 4) is 5.75 Å². The lowest BCUT2D eigenvalue weighted by molar-refractivity contribution is -0.127. The van der Waals surface area contributed by atoms with E-state index in [9.17, 15) is 9.59 Å². The second kappa shape index (κ2) is 7.76. The Balaban J connectivity index is 1.55. The molecule has 1 aliphatic rings. The summed E-state index contributed by atoms with van der Waals surface area (Å²) < 4.78 is 5.38. The number of ether oxygens (including phenoxy) is 1. The van der Waals surface area contributed by atoms with Crippen LogP contribution < -0.4 is 15.0 Å². The molecule has 1 unspecified atom stereocenters. The average molecular weight is 379 g/mol. The van der Waals surface area contributed by atoms with E-state index < -0.39 is 6.04 Å². The van der Waals surface area contributed by atoms with E-state index in [1.807, 2.05) is 6.07 Å². The van der Waals surface area contributed by atoms with E-state index in [1.54, 1.807) is 47.4 Å². The molecule has 25 heavy (non-hydrogen) atoms. The minimum absolute atomic E-state index is 0.169. The monoisotopic (exact) mass is 378 g/mol. The van der Waals surface area contributed by atoms with Gasteiger partial charge in [0, 0.05) is 11.6 Å². The number of rotatable bonds is 5. The lowest BCUT2D eigenvalue weighted by atomic mass is 10.2. The second-order valence-electron chi connectivity index (χ2n) is 5.59. The summed E-state index contributed by atoms with van der Waals surface area (Å²) in [6.07, 6.45) is 0.525. The van der Waals surface area contributed by atoms with Gasteiger partial charge in [-0.15, -0.1) is 0 Å². The van der Waals surface area contributed by atoms with E-state index in [2.05, 4.69) is 5.32 Å². The van der Waals surface area contributed by atoms with Crippen LogP contribution in [0.3, 0.4) is 0 Å². The van der Waals surface area contributed by atoms with E-state index in [4.69, 9.17) is 27.9 Å². The van der Waals surface area contributed by atoms with Gasteiger partial charge in [-0.05, 0) is 42.8 Å². The first-order valence-corrected chi connectivity index (χ1v) is 8.54. The fraction of sp³-hybridized carbons (Fsp3) is 0.222. The van der Waals surface area contributed by atoms with E-state index in [0.717, 1.165) is 0 Å². The molecule has 0 radical (unpaired) electrons. The van der Waals surface area contributed by atoms with Crippen molar-refractivity contribution >= 4 is 40.7 Å². The number of benzene rings is 2. The Labute approximate surface area is 155 Å². The van der Waals surface area contributed by atoms with E-state index in [1.165, 1.54) is 0 Å². The molecular formula is C18H16Cl2N2O3. The van der Waals surface area contributed by atoms with Crippen molar-refractivity contribution in [3.05, 3.63) is 58.6 Å². The zero-order valence-corrected chi connectivity index (χ0v) is 14.8. The minimum Gasteiger partial charge on any atom is -0.484 e. The van der Waals surface area contributed by atoms with E-state index in [-0.39, 0.29) is 18.4 Å². The lowest BCUT2D eigenvalue weighted by Gasteiger charge is -2.18. The first kappa shape index (κ1) is 17.6. The number of amides is 2. The molecule has 2 aromatic carbocycles. The Kier molecular flexibility index (Phi) is 5.46. The summed E-state index contributed by atoms with van der Waals surface area (Å²) >= 11 is 11.9. The van der Waals surface area contributed by atoms with Gasteiger partial charge in [0.2, 0.25) is 5.91 Å². The molecule has 1 aliphatic heterocycles. The van der Waals surface area contributed by atoms with Crippen LogP contribution in [0.4, 0.5) is 5.69 Å². The highest BCUT2D eigenvalue weighted by Crippen LogP contribution is 2.29. The number of nitrogens with zero attached hydrogens (tertiary/aromatic N) is 1. The highest BCUT2D eigenvalue weighted by molar-refractivity contribution is 6.34. The van der Waals surface area contributed by atoms with Crippen molar-refractivity contribution in [2.24, 2.45) is 0 Å². The summed E-state index contributed by atoms with van der Waals surface area (Å²) in [5.41, 5.74) is 0.656. The van der Waals surface area contributed by atoms with Crippen LogP contribution in [0.5, 0.6) is 5.75 Å². The fourth-order valence-corrected chi connectivity index (χ4v) is 3.00. The maximum atomic E-state index is 12.5. The van der Waals surface area contributed by atoms with Crippen LogP contribution in [0, 0.1) is 0 Å². The van der Waals surface area contributed by atoms with Gasteiger partial charge in [0.1, 0.15) is 11.8 Å². The predicted molar refractivity (Wildman–Crippen MR) is 97.3 cm³/mol. The van der Waals surface area contributed by atoms with Crippen LogP contribution >= 0.6 is 23.2 Å². The van der Waals surface area contributed by atoms with Crippen LogP contribution in [-0.4, -0.2) is 31.0 Å². The van der Waals surface area contributed by atoms with Crippen molar-refractivity contribution in [1.82, 2.24) is 5.32 Å². The molecule has 3 rings (SSSR count). The molecule has 0 saturated carbocycles. The first-order chi connectivity index (χ1) is 12.0. The van der Waals surface area contributed by atoms with Crippen molar-refractivity contribution in [2.75, 3.05) is 18.1 Å². The Morgan fingerprint density at radius 2 is 1.88 bits per heavy atom. The Bertz CT molecular complexity index is 780. The van der Waals surface area contributed by atoms with Crippen molar-refractivity contribution in [2.45, 2.75) is 12.5 Å². The maximum absolute atomic E-state index is 12.5. The normalized spacial score (nSPS) is 16.8. The minimum atomic E-state index is -0.572. The Morgan fingerprint density at radius 3 is 2.60 bits per heavy atom. The predicted octanol–water partition coefficient (Wildman–Crippen LogP) is 3.29. The number of carbonyl (C=O) groups is 2. The zero-order chi connectivity index (χ0) is 17.8. The molecule has 2 amide bonds. The highest BCUT2D eigenvalue weighted by Gasteiger charge is 2.34. The Hall–Kier alpha value is -2.24. The molecule has 5 nitrogen and oxygen atoms in total. The van der Waals surface area contributed by atoms with Gasteiger partial charge < -0.3 is 15.0 Å². The topological polar surface area (TPSA) is 58.6 Å². The van der Waals surface area contributed by atoms with Gasteiger partial charge in [-0.3, -0.25) is 9.59 Å². The third-order valence-corrected chi connectivity index (χ3v) is 4.44. The zero-order valence-electron chi connectivity index (χ0n) is 13.2. The van der Waals surface area contributed by atoms with Crippen LogP contribution in [0.15, 0.2) is 48.5 Å². The molecule has 130 valence electrons. The summed E-state index contributed by atoms with van der Waals surface area (Å²) in [4.78, 5) is 26.1. The SMILES string of the molecule is O=C(COc1ccc(Cl)cc1)NC1CCN(c2ccccc2Cl)C1=O. The van der Waals surface area contributed by atoms with Gasteiger partial charge in [-0.25, -0.2) is 0 Å². The molecule has 2 aromatic rings. The van der Waals surface area contributed by atoms with Crippen LogP contribution in [-0.2, 0) is 9.59 Å². The molecule has 0 aromatic heterocycles. The van der Waals surface area contributed by atoms with Crippen molar-refractivity contribution < 1.29 is 14.3 Å². The largest absolute Gasteiger partial charge is 0.484 e. The average Bonchev–Trinajstić information content (AvgIpc) is 2.95. The van der Waals surface area contributed by atoms with Gasteiger partial charge in [-0.1, -0.05) is 35.3 Å². The van der Waals surface area contributed by atoms with Gasteiger partial charge in [0.25, 0.3) is 5.91 Å². The van der Waals surface area contributed by atoms with Gasteiger partial charge in [0.15, 0.2) is 6.61 Å². The number of anilines is 1. The van der Waals surface area contributed by atoms with Gasteiger partial charge in [0.05, 0.1) is 10.7 Å². The molecule has 0 aliphatic carbocycles. The molecule has 1 fully saturated rings. The van der Waals surface area contributed by atoms with Crippen molar-refractivity contribution in [3.63, 3.8) is 0 Å². The standard InChI is InChI=1S/C18H16Cl2N2O3/c19-12-5-7-13(8-6-12)25-11-17(23)21-15-9-10-22(18(15)24)16-4-2-1-3-14(16)20/h1-8,15H,9-11H2,(H,21,23). The van der Waals surface area contributed by atoms with Gasteiger partial charge >= 0.3 is 0 Å². The molecule has 7 heteroatoms. The third-order valence-electron chi connectivity index (χ3n) is 3.87. The van der Waals surface area contributed by atoms with Crippen molar-refractivity contribution in [1.29, 1.82) is 0 Å². The smallest absolute Gasteiger partial charge is 0.258 e. The number of halogens is 2. The molecule has 1 heterocycles. The van der Waals surface area contributed by atoms with Crippen LogP contribution in [0.25, 0.3) is 0 Å². The third kappa shape index (κ3) is 4.24. The molecule has 1 N–H and O–H groups in total. The number of hydrogen-bond acceptors (Lipinski definition) is 3. The molecule has 1 atom stereocenters. The molecular weight excluding hydrogens is 363 g/mol. The van der Waals surface area contributed by atoms with Crippen LogP contribution in [0.2, 0.25) is 10.0 Å². The molecule has 1 saturated heterocycles. The summed E-state index contributed by atoms with van der Waals surface area (Å²) in [7, 11) is 0. The molecule has 0 bridgehead atoms. The van der Waals surface area contributed by atoms with Crippen LogP contribution in [0.1, 0.15) is 6.42 Å². The highest BCUT2D eigenvalue weighted by atomic mass is 35.5. The Morgan fingerprint density at radius 1 is 1.16 bits per heavy atom. The lowest BCUT2D eigenvalue weighted by Crippen LogP contribution is -2.43. The fourth-order valence-electron chi connectivity index (χ4n) is 2.64.